The lowest BCUT2D eigenvalue weighted by Crippen LogP contribution is -2.34. The third-order valence-electron chi connectivity index (χ3n) is 2.72. The second-order valence-electron chi connectivity index (χ2n) is 4.72. The van der Waals surface area contributed by atoms with Gasteiger partial charge in [0.1, 0.15) is 0 Å². The molecule has 1 amide bonds. The summed E-state index contributed by atoms with van der Waals surface area (Å²) in [5.74, 6) is -0.124. The summed E-state index contributed by atoms with van der Waals surface area (Å²) < 4.78 is 39.2. The van der Waals surface area contributed by atoms with E-state index in [2.05, 4.69) is 10.1 Å². The van der Waals surface area contributed by atoms with Crippen LogP contribution in [0.5, 0.6) is 11.5 Å². The van der Waals surface area contributed by atoms with Crippen molar-refractivity contribution in [3.63, 3.8) is 0 Å². The molecule has 0 saturated carbocycles. The maximum atomic E-state index is 12.3. The van der Waals surface area contributed by atoms with Crippen molar-refractivity contribution < 1.29 is 27.8 Å². The van der Waals surface area contributed by atoms with Gasteiger partial charge < -0.3 is 19.5 Å². The van der Waals surface area contributed by atoms with Gasteiger partial charge in [0.05, 0.1) is 13.2 Å². The molecule has 1 atom stereocenters. The highest BCUT2D eigenvalue weighted by atomic mass is 19.3. The number of rotatable bonds is 9. The third kappa shape index (κ3) is 7.10. The Kier molecular flexibility index (Phi) is 8.04. The van der Waals surface area contributed by atoms with Gasteiger partial charge in [0.2, 0.25) is 5.91 Å². The standard InChI is InChI=1S/C16H21F2NO4/c1-4-22-14-9-12(5-7-13(14)23-16(17)18)6-8-15(20)19-11(2)10-21-3/h5-9,11,16H,4,10H2,1-3H3,(H,19,20). The van der Waals surface area contributed by atoms with Crippen molar-refractivity contribution in [3.05, 3.63) is 29.8 Å². The third-order valence-corrected chi connectivity index (χ3v) is 2.72. The molecular weight excluding hydrogens is 308 g/mol. The molecule has 1 N–H and O–H groups in total. The van der Waals surface area contributed by atoms with E-state index in [1.54, 1.807) is 26.2 Å². The van der Waals surface area contributed by atoms with Gasteiger partial charge in [-0.05, 0) is 37.6 Å². The van der Waals surface area contributed by atoms with E-state index < -0.39 is 6.61 Å². The maximum absolute atomic E-state index is 12.3. The van der Waals surface area contributed by atoms with Gasteiger partial charge in [-0.15, -0.1) is 0 Å². The topological polar surface area (TPSA) is 56.8 Å². The predicted molar refractivity (Wildman–Crippen MR) is 82.8 cm³/mol. The van der Waals surface area contributed by atoms with Gasteiger partial charge in [-0.1, -0.05) is 6.07 Å². The van der Waals surface area contributed by atoms with E-state index in [-0.39, 0.29) is 23.4 Å². The molecule has 1 unspecified atom stereocenters. The van der Waals surface area contributed by atoms with Crippen LogP contribution in [0.4, 0.5) is 8.78 Å². The van der Waals surface area contributed by atoms with E-state index in [1.807, 2.05) is 6.92 Å². The number of amides is 1. The van der Waals surface area contributed by atoms with Crippen molar-refractivity contribution in [2.45, 2.75) is 26.5 Å². The molecule has 0 fully saturated rings. The Balaban J connectivity index is 2.78. The number of hydrogen-bond acceptors (Lipinski definition) is 4. The number of hydrogen-bond donors (Lipinski definition) is 1. The first kappa shape index (κ1) is 18.9. The molecular formula is C16H21F2NO4. The first-order valence-electron chi connectivity index (χ1n) is 7.15. The fourth-order valence-electron chi connectivity index (χ4n) is 1.84. The summed E-state index contributed by atoms with van der Waals surface area (Å²) in [6, 6.07) is 4.35. The Morgan fingerprint density at radius 3 is 2.70 bits per heavy atom. The van der Waals surface area contributed by atoms with Crippen molar-refractivity contribution in [3.8, 4) is 11.5 Å². The summed E-state index contributed by atoms with van der Waals surface area (Å²) >= 11 is 0. The summed E-state index contributed by atoms with van der Waals surface area (Å²) in [5, 5.41) is 2.72. The molecule has 128 valence electrons. The molecule has 5 nitrogen and oxygen atoms in total. The lowest BCUT2D eigenvalue weighted by atomic mass is 10.2. The van der Waals surface area contributed by atoms with E-state index >= 15 is 0 Å². The number of nitrogens with one attached hydrogen (secondary N) is 1. The Labute approximate surface area is 134 Å². The Morgan fingerprint density at radius 2 is 2.09 bits per heavy atom. The molecule has 0 saturated heterocycles. The normalized spacial score (nSPS) is 12.4. The molecule has 0 bridgehead atoms. The SMILES string of the molecule is CCOc1cc(C=CC(=O)NC(C)COC)ccc1OC(F)F. The molecule has 0 radical (unpaired) electrons. The molecule has 0 aromatic heterocycles. The highest BCUT2D eigenvalue weighted by Gasteiger charge is 2.11. The van der Waals surface area contributed by atoms with Crippen LogP contribution in [-0.4, -0.2) is 38.9 Å². The van der Waals surface area contributed by atoms with Gasteiger partial charge >= 0.3 is 6.61 Å². The van der Waals surface area contributed by atoms with Crippen LogP contribution < -0.4 is 14.8 Å². The molecule has 0 aliphatic rings. The zero-order chi connectivity index (χ0) is 17.2. The lowest BCUT2D eigenvalue weighted by molar-refractivity contribution is -0.117. The summed E-state index contributed by atoms with van der Waals surface area (Å²) in [6.07, 6.45) is 2.91. The second-order valence-corrected chi connectivity index (χ2v) is 4.72. The molecule has 1 rings (SSSR count). The smallest absolute Gasteiger partial charge is 0.387 e. The molecule has 0 heterocycles. The average molecular weight is 329 g/mol. The number of carbonyl (C=O) groups excluding carboxylic acids is 1. The van der Waals surface area contributed by atoms with Crippen LogP contribution in [0.1, 0.15) is 19.4 Å². The number of methoxy groups -OCH3 is 1. The van der Waals surface area contributed by atoms with Crippen molar-refractivity contribution in [1.29, 1.82) is 0 Å². The zero-order valence-electron chi connectivity index (χ0n) is 13.3. The molecule has 0 spiro atoms. The van der Waals surface area contributed by atoms with Crippen molar-refractivity contribution in [1.82, 2.24) is 5.32 Å². The van der Waals surface area contributed by atoms with E-state index in [0.717, 1.165) is 0 Å². The van der Waals surface area contributed by atoms with Crippen LogP contribution in [0.2, 0.25) is 0 Å². The van der Waals surface area contributed by atoms with Crippen LogP contribution in [0.3, 0.4) is 0 Å². The van der Waals surface area contributed by atoms with Gasteiger partial charge in [-0.2, -0.15) is 8.78 Å². The van der Waals surface area contributed by atoms with Crippen molar-refractivity contribution >= 4 is 12.0 Å². The monoisotopic (exact) mass is 329 g/mol. The van der Waals surface area contributed by atoms with E-state index in [1.165, 1.54) is 18.2 Å². The minimum Gasteiger partial charge on any atom is -0.490 e. The van der Waals surface area contributed by atoms with E-state index in [0.29, 0.717) is 18.8 Å². The number of benzene rings is 1. The van der Waals surface area contributed by atoms with E-state index in [9.17, 15) is 13.6 Å². The summed E-state index contributed by atoms with van der Waals surface area (Å²) in [4.78, 5) is 11.7. The highest BCUT2D eigenvalue weighted by molar-refractivity contribution is 5.92. The molecule has 0 aliphatic carbocycles. The predicted octanol–water partition coefficient (Wildman–Crippen LogP) is 2.85. The Bertz CT molecular complexity index is 535. The summed E-state index contributed by atoms with van der Waals surface area (Å²) in [7, 11) is 1.55. The minimum atomic E-state index is -2.93. The van der Waals surface area contributed by atoms with Gasteiger partial charge in [0.15, 0.2) is 11.5 Å². The second kappa shape index (κ2) is 9.78. The van der Waals surface area contributed by atoms with Crippen LogP contribution in [-0.2, 0) is 9.53 Å². The van der Waals surface area contributed by atoms with Gasteiger partial charge in [0, 0.05) is 19.2 Å². The first-order valence-corrected chi connectivity index (χ1v) is 7.15. The quantitative estimate of drug-likeness (QED) is 0.708. The van der Waals surface area contributed by atoms with E-state index in [4.69, 9.17) is 9.47 Å². The van der Waals surface area contributed by atoms with Crippen LogP contribution in [0, 0.1) is 0 Å². The van der Waals surface area contributed by atoms with Crippen molar-refractivity contribution in [2.75, 3.05) is 20.3 Å². The number of carbonyl (C=O) groups is 1. The number of halogens is 2. The Morgan fingerprint density at radius 1 is 1.35 bits per heavy atom. The van der Waals surface area contributed by atoms with Gasteiger partial charge in [-0.3, -0.25) is 4.79 Å². The van der Waals surface area contributed by atoms with Crippen LogP contribution in [0.25, 0.3) is 6.08 Å². The van der Waals surface area contributed by atoms with Crippen LogP contribution >= 0.6 is 0 Å². The summed E-state index contributed by atoms with van der Waals surface area (Å²) in [5.41, 5.74) is 0.629. The molecule has 1 aromatic carbocycles. The van der Waals surface area contributed by atoms with Crippen LogP contribution in [0.15, 0.2) is 24.3 Å². The summed E-state index contributed by atoms with van der Waals surface area (Å²) in [6.45, 7) is 1.34. The first-order chi connectivity index (χ1) is 11.0. The molecule has 23 heavy (non-hydrogen) atoms. The van der Waals surface area contributed by atoms with Gasteiger partial charge in [-0.25, -0.2) is 0 Å². The molecule has 0 aliphatic heterocycles. The lowest BCUT2D eigenvalue weighted by Gasteiger charge is -2.12. The fraction of sp³-hybridized carbons (Fsp3) is 0.438. The highest BCUT2D eigenvalue weighted by Crippen LogP contribution is 2.30. The minimum absolute atomic E-state index is 0.0443. The number of alkyl halides is 2. The van der Waals surface area contributed by atoms with Crippen molar-refractivity contribution in [2.24, 2.45) is 0 Å². The van der Waals surface area contributed by atoms with Gasteiger partial charge in [0.25, 0.3) is 0 Å². The largest absolute Gasteiger partial charge is 0.490 e. The Hall–Kier alpha value is -2.15. The molecule has 7 heteroatoms. The fourth-order valence-corrected chi connectivity index (χ4v) is 1.84. The maximum Gasteiger partial charge on any atom is 0.387 e. The molecule has 1 aromatic rings. The zero-order valence-corrected chi connectivity index (χ0v) is 13.3. The number of ether oxygens (including phenoxy) is 3. The average Bonchev–Trinajstić information content (AvgIpc) is 2.47.